The molecule has 0 saturated carbocycles. The van der Waals surface area contributed by atoms with E-state index in [2.05, 4.69) is 122 Å². The van der Waals surface area contributed by atoms with Gasteiger partial charge in [0.25, 0.3) is 0 Å². The molecule has 0 unspecified atom stereocenters. The van der Waals surface area contributed by atoms with Crippen LogP contribution in [0.3, 0.4) is 0 Å². The van der Waals surface area contributed by atoms with E-state index in [1.165, 1.54) is 80.1 Å². The molecule has 0 bridgehead atoms. The summed E-state index contributed by atoms with van der Waals surface area (Å²) in [5.74, 6) is 0. The van der Waals surface area contributed by atoms with Crippen molar-refractivity contribution in [3.8, 4) is 0 Å². The van der Waals surface area contributed by atoms with E-state index in [0.29, 0.717) is 0 Å². The summed E-state index contributed by atoms with van der Waals surface area (Å²) in [6.07, 6.45) is 14.7. The van der Waals surface area contributed by atoms with Crippen molar-refractivity contribution in [2.75, 3.05) is 11.5 Å². The molecule has 0 aromatic heterocycles. The summed E-state index contributed by atoms with van der Waals surface area (Å²) in [5, 5.41) is 2.73. The van der Waals surface area contributed by atoms with Crippen LogP contribution in [0.1, 0.15) is 64.2 Å². The van der Waals surface area contributed by atoms with E-state index in [1.54, 1.807) is 0 Å². The molecule has 0 spiro atoms. The van der Waals surface area contributed by atoms with Crippen molar-refractivity contribution in [2.24, 2.45) is 0 Å². The van der Waals surface area contributed by atoms with E-state index in [1.807, 2.05) is 0 Å². The van der Waals surface area contributed by atoms with Gasteiger partial charge in [0.2, 0.25) is 0 Å². The molecule has 0 N–H and O–H groups in total. The predicted octanol–water partition coefficient (Wildman–Crippen LogP) is 9.12. The molecule has 0 aliphatic carbocycles. The first-order chi connectivity index (χ1) is 16.2. The van der Waals surface area contributed by atoms with Crippen molar-refractivity contribution in [3.63, 3.8) is 0 Å². The summed E-state index contributed by atoms with van der Waals surface area (Å²) >= 11 is 8.10. The molecule has 0 fully saturated rings. The molecule has 0 saturated heterocycles. The standard InChI is InChI=1S/C30H39Br2P/c31-26-18-7-5-3-1-2-4-6-8-19-27-33(32,28-20-12-9-13-21-28,29-22-14-10-15-23-29)30-24-16-11-17-25-30/h9-17,20-25H,1-8,18-19,26-27H2. The zero-order chi connectivity index (χ0) is 23.3. The number of benzene rings is 3. The Bertz CT molecular complexity index is 812. The Balaban J connectivity index is 1.72. The van der Waals surface area contributed by atoms with Gasteiger partial charge in [0.05, 0.1) is 0 Å². The van der Waals surface area contributed by atoms with Crippen molar-refractivity contribution in [3.05, 3.63) is 91.0 Å². The normalized spacial score (nSPS) is 12.8. The van der Waals surface area contributed by atoms with Crippen LogP contribution in [0, 0.1) is 0 Å². The first-order valence-electron chi connectivity index (χ1n) is 12.7. The Morgan fingerprint density at radius 2 is 0.727 bits per heavy atom. The second-order valence-electron chi connectivity index (χ2n) is 9.14. The van der Waals surface area contributed by atoms with Crippen molar-refractivity contribution in [1.29, 1.82) is 0 Å². The van der Waals surface area contributed by atoms with E-state index in [0.717, 1.165) is 11.5 Å². The molecule has 0 atom stereocenters. The molecule has 33 heavy (non-hydrogen) atoms. The van der Waals surface area contributed by atoms with Gasteiger partial charge >= 0.3 is 203 Å². The van der Waals surface area contributed by atoms with Gasteiger partial charge in [-0.3, -0.25) is 0 Å². The third kappa shape index (κ3) is 6.81. The molecular weight excluding hydrogens is 551 g/mol. The van der Waals surface area contributed by atoms with Crippen LogP contribution in [0.25, 0.3) is 0 Å². The van der Waals surface area contributed by atoms with Crippen molar-refractivity contribution in [2.45, 2.75) is 64.2 Å². The number of unbranched alkanes of at least 4 members (excludes halogenated alkanes) is 9. The maximum atomic E-state index is 4.57. The number of hydrogen-bond donors (Lipinski definition) is 0. The van der Waals surface area contributed by atoms with Gasteiger partial charge in [-0.2, -0.15) is 0 Å². The molecule has 3 heteroatoms. The summed E-state index contributed by atoms with van der Waals surface area (Å²) in [7, 11) is 0. The molecule has 0 amide bonds. The van der Waals surface area contributed by atoms with Crippen LogP contribution >= 0.6 is 36.7 Å². The van der Waals surface area contributed by atoms with Crippen LogP contribution in [0.2, 0.25) is 0 Å². The molecule has 0 aliphatic rings. The Labute approximate surface area is 218 Å². The van der Waals surface area contributed by atoms with E-state index in [4.69, 9.17) is 0 Å². The van der Waals surface area contributed by atoms with Gasteiger partial charge < -0.3 is 0 Å². The van der Waals surface area contributed by atoms with Crippen LogP contribution in [0.5, 0.6) is 0 Å². The number of halogens is 2. The summed E-state index contributed by atoms with van der Waals surface area (Å²) in [4.78, 5) is 0. The van der Waals surface area contributed by atoms with Gasteiger partial charge in [-0.05, 0) is 0 Å². The Morgan fingerprint density at radius 1 is 0.424 bits per heavy atom. The van der Waals surface area contributed by atoms with Gasteiger partial charge in [-0.1, -0.05) is 15.9 Å². The van der Waals surface area contributed by atoms with Crippen LogP contribution in [0.4, 0.5) is 0 Å². The van der Waals surface area contributed by atoms with E-state index in [9.17, 15) is 0 Å². The SMILES string of the molecule is BrCCCCCCCCCCCCP(Br)(c1ccccc1)(c1ccccc1)c1ccccc1. The van der Waals surface area contributed by atoms with Gasteiger partial charge in [-0.25, -0.2) is 0 Å². The number of rotatable bonds is 15. The third-order valence-corrected chi connectivity index (χ3v) is 17.4. The molecule has 3 rings (SSSR count). The second kappa shape index (κ2) is 13.8. The minimum atomic E-state index is -2.72. The van der Waals surface area contributed by atoms with Crippen molar-refractivity contribution >= 4 is 52.6 Å². The van der Waals surface area contributed by atoms with Crippen molar-refractivity contribution < 1.29 is 0 Å². The number of alkyl halides is 1. The van der Waals surface area contributed by atoms with Gasteiger partial charge in [0.15, 0.2) is 0 Å². The summed E-state index contributed by atoms with van der Waals surface area (Å²) in [6, 6.07) is 33.6. The molecule has 0 radical (unpaired) electrons. The summed E-state index contributed by atoms with van der Waals surface area (Å²) < 4.78 is 0. The van der Waals surface area contributed by atoms with E-state index in [-0.39, 0.29) is 0 Å². The van der Waals surface area contributed by atoms with Crippen LogP contribution in [0.15, 0.2) is 91.0 Å². The topological polar surface area (TPSA) is 0 Å². The van der Waals surface area contributed by atoms with Gasteiger partial charge in [-0.15, -0.1) is 0 Å². The molecule has 0 heterocycles. The Kier molecular flexibility index (Phi) is 11.2. The van der Waals surface area contributed by atoms with Gasteiger partial charge in [0, 0.05) is 0 Å². The zero-order valence-corrected chi connectivity index (χ0v) is 23.9. The molecular formula is C30H39Br2P. The number of hydrogen-bond acceptors (Lipinski definition) is 0. The Morgan fingerprint density at radius 3 is 1.06 bits per heavy atom. The Hall–Kier alpha value is -0.950. The molecule has 0 aliphatic heterocycles. The average Bonchev–Trinajstić information content (AvgIpc) is 2.89. The summed E-state index contributed by atoms with van der Waals surface area (Å²) in [6.45, 7) is 0. The molecule has 3 aromatic rings. The van der Waals surface area contributed by atoms with E-state index < -0.39 is 5.31 Å². The van der Waals surface area contributed by atoms with Gasteiger partial charge in [0.1, 0.15) is 0 Å². The fourth-order valence-corrected chi connectivity index (χ4v) is 13.1. The predicted molar refractivity (Wildman–Crippen MR) is 159 cm³/mol. The third-order valence-electron chi connectivity index (χ3n) is 6.85. The van der Waals surface area contributed by atoms with Crippen LogP contribution in [-0.2, 0) is 0 Å². The molecule has 3 aromatic carbocycles. The molecule has 0 nitrogen and oxygen atoms in total. The first kappa shape index (κ1) is 26.7. The zero-order valence-electron chi connectivity index (χ0n) is 19.8. The first-order valence-corrected chi connectivity index (χ1v) is 18.2. The molecule has 178 valence electrons. The fraction of sp³-hybridized carbons (Fsp3) is 0.400. The average molecular weight is 590 g/mol. The quantitative estimate of drug-likeness (QED) is 0.0941. The minimum absolute atomic E-state index is 1.15. The van der Waals surface area contributed by atoms with Crippen molar-refractivity contribution in [1.82, 2.24) is 0 Å². The second-order valence-corrected chi connectivity index (χ2v) is 19.0. The van der Waals surface area contributed by atoms with Crippen LogP contribution in [-0.4, -0.2) is 11.5 Å². The van der Waals surface area contributed by atoms with E-state index >= 15 is 0 Å². The maximum absolute atomic E-state index is 4.57. The fourth-order valence-electron chi connectivity index (χ4n) is 4.97. The monoisotopic (exact) mass is 588 g/mol. The summed E-state index contributed by atoms with van der Waals surface area (Å²) in [5.41, 5.74) is 0. The van der Waals surface area contributed by atoms with Crippen LogP contribution < -0.4 is 15.9 Å².